The Morgan fingerprint density at radius 2 is 1.92 bits per heavy atom. The van der Waals surface area contributed by atoms with Crippen molar-refractivity contribution in [1.82, 2.24) is 9.88 Å². The van der Waals surface area contributed by atoms with E-state index in [9.17, 15) is 18.0 Å². The van der Waals surface area contributed by atoms with Gasteiger partial charge in [0.1, 0.15) is 0 Å². The summed E-state index contributed by atoms with van der Waals surface area (Å²) < 4.78 is 39.9. The van der Waals surface area contributed by atoms with E-state index in [2.05, 4.69) is 35.0 Å². The summed E-state index contributed by atoms with van der Waals surface area (Å²) in [4.78, 5) is 24.6. The Morgan fingerprint density at radius 1 is 1.11 bits per heavy atom. The lowest BCUT2D eigenvalue weighted by molar-refractivity contribution is -0.137. The molecule has 1 aromatic heterocycles. The zero-order valence-electron chi connectivity index (χ0n) is 21.6. The molecule has 0 spiro atoms. The van der Waals surface area contributed by atoms with Gasteiger partial charge in [-0.2, -0.15) is 13.2 Å². The number of alkyl halides is 3. The van der Waals surface area contributed by atoms with Crippen molar-refractivity contribution >= 4 is 23.2 Å². The molecule has 0 radical (unpaired) electrons. The van der Waals surface area contributed by atoms with E-state index in [0.717, 1.165) is 62.4 Å². The predicted molar refractivity (Wildman–Crippen MR) is 144 cm³/mol. The molecule has 0 saturated carbocycles. The summed E-state index contributed by atoms with van der Waals surface area (Å²) in [5.41, 5.74) is 2.67. The predicted octanol–water partition coefficient (Wildman–Crippen LogP) is 6.63. The highest BCUT2D eigenvalue weighted by molar-refractivity contribution is 6.04. The second-order valence-electron chi connectivity index (χ2n) is 9.88. The molecule has 2 aliphatic heterocycles. The molecular weight excluding hydrogens is 491 g/mol. The van der Waals surface area contributed by atoms with Gasteiger partial charge in [0.2, 0.25) is 0 Å². The Labute approximate surface area is 221 Å². The molecule has 2 amide bonds. The lowest BCUT2D eigenvalue weighted by Gasteiger charge is -2.36. The second kappa shape index (κ2) is 10.6. The third kappa shape index (κ3) is 5.34. The number of rotatable bonds is 7. The van der Waals surface area contributed by atoms with Gasteiger partial charge in [0.05, 0.1) is 23.0 Å². The quantitative estimate of drug-likeness (QED) is 0.378. The number of hydrogen-bond acceptors (Lipinski definition) is 4. The molecule has 3 heterocycles. The van der Waals surface area contributed by atoms with E-state index in [1.165, 1.54) is 6.07 Å². The number of fused-ring (bicyclic) bond motifs is 4. The average molecular weight is 524 g/mol. The van der Waals surface area contributed by atoms with Crippen LogP contribution in [0.4, 0.5) is 35.2 Å². The first kappa shape index (κ1) is 26.0. The van der Waals surface area contributed by atoms with Crippen LogP contribution < -0.4 is 15.1 Å². The Hall–Kier alpha value is -3.59. The molecule has 1 N–H and O–H groups in total. The van der Waals surface area contributed by atoms with Crippen molar-refractivity contribution in [2.75, 3.05) is 41.3 Å². The van der Waals surface area contributed by atoms with Crippen molar-refractivity contribution in [2.24, 2.45) is 0 Å². The SMILES string of the molecule is CCCN(CC)Cc1cccc(NC(=O)N2c3nc(-c4cccc(C(F)(F)F)c4)ccc3N3CCC2C3)c1. The fraction of sp³-hybridized carbons (Fsp3) is 0.379. The van der Waals surface area contributed by atoms with E-state index in [-0.39, 0.29) is 12.1 Å². The van der Waals surface area contributed by atoms with Gasteiger partial charge >= 0.3 is 12.2 Å². The molecular formula is C29H32F3N5O. The number of amides is 2. The van der Waals surface area contributed by atoms with Crippen molar-refractivity contribution in [3.63, 3.8) is 0 Å². The number of aromatic nitrogens is 1. The summed E-state index contributed by atoms with van der Waals surface area (Å²) in [6, 6.07) is 16.2. The Kier molecular flexibility index (Phi) is 7.29. The van der Waals surface area contributed by atoms with Crippen LogP contribution in [0.15, 0.2) is 60.7 Å². The standard InChI is InChI=1S/C29H32F3N5O/c1-3-14-35(4-2)18-20-7-5-10-23(16-20)33-28(38)37-24-13-15-36(19-24)26-12-11-25(34-27(26)37)21-8-6-9-22(17-21)29(30,31)32/h5-12,16-17,24H,3-4,13-15,18-19H2,1-2H3,(H,33,38). The van der Waals surface area contributed by atoms with Crippen LogP contribution >= 0.6 is 0 Å². The maximum Gasteiger partial charge on any atom is 0.416 e. The van der Waals surface area contributed by atoms with Crippen LogP contribution in [-0.2, 0) is 12.7 Å². The molecule has 2 aliphatic rings. The number of benzene rings is 2. The third-order valence-corrected chi connectivity index (χ3v) is 7.23. The number of carbonyl (C=O) groups excluding carboxylic acids is 1. The largest absolute Gasteiger partial charge is 0.416 e. The van der Waals surface area contributed by atoms with Crippen LogP contribution in [-0.4, -0.2) is 48.1 Å². The van der Waals surface area contributed by atoms with Gasteiger partial charge in [-0.3, -0.25) is 9.80 Å². The topological polar surface area (TPSA) is 51.7 Å². The van der Waals surface area contributed by atoms with Crippen LogP contribution in [0.2, 0.25) is 0 Å². The lowest BCUT2D eigenvalue weighted by atomic mass is 10.1. The summed E-state index contributed by atoms with van der Waals surface area (Å²) in [5, 5.41) is 3.05. The monoisotopic (exact) mass is 523 g/mol. The highest BCUT2D eigenvalue weighted by Crippen LogP contribution is 2.41. The molecule has 5 rings (SSSR count). The third-order valence-electron chi connectivity index (χ3n) is 7.23. The maximum atomic E-state index is 13.6. The zero-order chi connectivity index (χ0) is 26.9. The lowest BCUT2D eigenvalue weighted by Crippen LogP contribution is -2.48. The van der Waals surface area contributed by atoms with Crippen LogP contribution in [0.25, 0.3) is 11.3 Å². The molecule has 2 bridgehead atoms. The molecule has 1 fully saturated rings. The molecule has 6 nitrogen and oxygen atoms in total. The summed E-state index contributed by atoms with van der Waals surface area (Å²) in [6.45, 7) is 8.56. The summed E-state index contributed by atoms with van der Waals surface area (Å²) in [7, 11) is 0. The summed E-state index contributed by atoms with van der Waals surface area (Å²) in [5.74, 6) is 0.474. The highest BCUT2D eigenvalue weighted by Gasteiger charge is 2.40. The van der Waals surface area contributed by atoms with Crippen LogP contribution in [0.1, 0.15) is 37.8 Å². The van der Waals surface area contributed by atoms with E-state index in [0.29, 0.717) is 29.3 Å². The van der Waals surface area contributed by atoms with E-state index in [1.54, 1.807) is 17.0 Å². The highest BCUT2D eigenvalue weighted by atomic mass is 19.4. The van der Waals surface area contributed by atoms with Gasteiger partial charge in [-0.25, -0.2) is 9.78 Å². The van der Waals surface area contributed by atoms with Crippen molar-refractivity contribution in [3.05, 3.63) is 71.8 Å². The minimum absolute atomic E-state index is 0.0601. The van der Waals surface area contributed by atoms with E-state index in [4.69, 9.17) is 4.98 Å². The molecule has 3 aromatic rings. The normalized spacial score (nSPS) is 16.6. The fourth-order valence-electron chi connectivity index (χ4n) is 5.34. The minimum atomic E-state index is -4.44. The number of nitrogens with one attached hydrogen (secondary N) is 1. The van der Waals surface area contributed by atoms with Gasteiger partial charge in [-0.15, -0.1) is 0 Å². The van der Waals surface area contributed by atoms with Crippen molar-refractivity contribution < 1.29 is 18.0 Å². The number of anilines is 3. The van der Waals surface area contributed by atoms with Gasteiger partial charge in [0, 0.05) is 30.9 Å². The fourth-order valence-corrected chi connectivity index (χ4v) is 5.34. The molecule has 9 heteroatoms. The average Bonchev–Trinajstić information content (AvgIpc) is 3.32. The van der Waals surface area contributed by atoms with E-state index >= 15 is 0 Å². The molecule has 38 heavy (non-hydrogen) atoms. The first-order valence-corrected chi connectivity index (χ1v) is 13.1. The Morgan fingerprint density at radius 3 is 2.68 bits per heavy atom. The van der Waals surface area contributed by atoms with Crippen LogP contribution in [0, 0.1) is 0 Å². The minimum Gasteiger partial charge on any atom is -0.366 e. The molecule has 200 valence electrons. The number of nitrogens with zero attached hydrogens (tertiary/aromatic N) is 4. The number of carbonyl (C=O) groups is 1. The number of hydrogen-bond donors (Lipinski definition) is 1. The van der Waals surface area contributed by atoms with Gasteiger partial charge in [0.15, 0.2) is 5.82 Å². The van der Waals surface area contributed by atoms with E-state index in [1.807, 2.05) is 24.3 Å². The second-order valence-corrected chi connectivity index (χ2v) is 9.88. The van der Waals surface area contributed by atoms with Crippen molar-refractivity contribution in [3.8, 4) is 11.3 Å². The molecule has 2 aromatic carbocycles. The van der Waals surface area contributed by atoms with Crippen molar-refractivity contribution in [2.45, 2.75) is 45.5 Å². The number of pyridine rings is 1. The maximum absolute atomic E-state index is 13.6. The smallest absolute Gasteiger partial charge is 0.366 e. The molecule has 1 unspecified atom stereocenters. The first-order valence-electron chi connectivity index (χ1n) is 13.1. The van der Waals surface area contributed by atoms with Crippen LogP contribution in [0.5, 0.6) is 0 Å². The van der Waals surface area contributed by atoms with Gasteiger partial charge < -0.3 is 10.2 Å². The Bertz CT molecular complexity index is 1310. The zero-order valence-corrected chi connectivity index (χ0v) is 21.6. The summed E-state index contributed by atoms with van der Waals surface area (Å²) in [6.07, 6.45) is -2.57. The number of halogens is 3. The van der Waals surface area contributed by atoms with Crippen LogP contribution in [0.3, 0.4) is 0 Å². The van der Waals surface area contributed by atoms with Crippen molar-refractivity contribution in [1.29, 1.82) is 0 Å². The number of urea groups is 1. The van der Waals surface area contributed by atoms with Gasteiger partial charge in [-0.1, -0.05) is 38.1 Å². The van der Waals surface area contributed by atoms with E-state index < -0.39 is 11.7 Å². The Balaban J connectivity index is 1.43. The van der Waals surface area contributed by atoms with Gasteiger partial charge in [0.25, 0.3) is 0 Å². The summed E-state index contributed by atoms with van der Waals surface area (Å²) >= 11 is 0. The van der Waals surface area contributed by atoms with Gasteiger partial charge in [-0.05, 0) is 67.9 Å². The molecule has 1 atom stereocenters. The first-order chi connectivity index (χ1) is 18.3. The molecule has 0 aliphatic carbocycles. The molecule has 1 saturated heterocycles.